The lowest BCUT2D eigenvalue weighted by Gasteiger charge is -2.02. The van der Waals surface area contributed by atoms with Crippen LogP contribution in [0.4, 0.5) is 5.69 Å². The van der Waals surface area contributed by atoms with Crippen LogP contribution in [-0.2, 0) is 0 Å². The molecule has 2 rings (SSSR count). The first kappa shape index (κ1) is 9.85. The molecule has 5 nitrogen and oxygen atoms in total. The van der Waals surface area contributed by atoms with Gasteiger partial charge in [-0.05, 0) is 28.1 Å². The topological polar surface area (TPSA) is 70.1 Å². The maximum Gasteiger partial charge on any atom is 0.283 e. The Hall–Kier alpha value is -1.69. The van der Waals surface area contributed by atoms with Crippen LogP contribution < -0.4 is 4.73 Å². The third kappa shape index (κ3) is 1.63. The minimum absolute atomic E-state index is 0.0709. The lowest BCUT2D eigenvalue weighted by atomic mass is 10.2. The second kappa shape index (κ2) is 3.47. The van der Waals surface area contributed by atoms with E-state index >= 15 is 0 Å². The largest absolute Gasteiger partial charge is 0.618 e. The Labute approximate surface area is 92.8 Å². The monoisotopic (exact) mass is 268 g/mol. The molecular weight excluding hydrogens is 264 g/mol. The van der Waals surface area contributed by atoms with Gasteiger partial charge >= 0.3 is 0 Å². The Kier molecular flexibility index (Phi) is 2.28. The maximum absolute atomic E-state index is 11.4. The van der Waals surface area contributed by atoms with E-state index in [1.165, 1.54) is 18.3 Å². The van der Waals surface area contributed by atoms with Gasteiger partial charge in [-0.15, -0.1) is 0 Å². The summed E-state index contributed by atoms with van der Waals surface area (Å²) in [6.45, 7) is 0. The molecule has 6 heteroatoms. The molecule has 1 aromatic heterocycles. The molecular formula is C9H5BrN2O3. The summed E-state index contributed by atoms with van der Waals surface area (Å²) in [5.41, 5.74) is 0.214. The Bertz CT molecular complexity index is 556. The summed E-state index contributed by atoms with van der Waals surface area (Å²) in [5.74, 6) is 0. The highest BCUT2D eigenvalue weighted by atomic mass is 79.9. The van der Waals surface area contributed by atoms with Gasteiger partial charge in [0.2, 0.25) is 5.52 Å². The summed E-state index contributed by atoms with van der Waals surface area (Å²) in [6.07, 6.45) is 1.31. The molecule has 0 radical (unpaired) electrons. The van der Waals surface area contributed by atoms with Crippen molar-refractivity contribution in [1.29, 1.82) is 0 Å². The number of non-ortho nitro benzene ring substituents is 1. The quantitative estimate of drug-likeness (QED) is 0.344. The van der Waals surface area contributed by atoms with Gasteiger partial charge in [0.15, 0.2) is 6.20 Å². The van der Waals surface area contributed by atoms with E-state index < -0.39 is 4.92 Å². The Morgan fingerprint density at radius 2 is 2.13 bits per heavy atom. The van der Waals surface area contributed by atoms with Gasteiger partial charge in [0.05, 0.1) is 9.40 Å². The van der Waals surface area contributed by atoms with Gasteiger partial charge in [-0.1, -0.05) is 0 Å². The minimum atomic E-state index is -0.505. The van der Waals surface area contributed by atoms with Crippen LogP contribution in [0.2, 0.25) is 0 Å². The van der Waals surface area contributed by atoms with Gasteiger partial charge in [0.25, 0.3) is 5.69 Å². The summed E-state index contributed by atoms with van der Waals surface area (Å²) in [6, 6.07) is 5.96. The standard InChI is InChI=1S/C9H5BrN2O3/c10-6-4-7-8(11(13)5-6)2-1-3-9(7)12(14)15/h1-5H. The highest BCUT2D eigenvalue weighted by Gasteiger charge is 2.16. The molecule has 0 amide bonds. The number of rotatable bonds is 1. The predicted octanol–water partition coefficient (Wildman–Crippen LogP) is 2.14. The van der Waals surface area contributed by atoms with Crippen molar-refractivity contribution in [2.45, 2.75) is 0 Å². The van der Waals surface area contributed by atoms with Crippen molar-refractivity contribution in [2.24, 2.45) is 0 Å². The summed E-state index contributed by atoms with van der Waals surface area (Å²) in [7, 11) is 0. The molecule has 0 spiro atoms. The van der Waals surface area contributed by atoms with Gasteiger partial charge in [0, 0.05) is 12.1 Å². The van der Waals surface area contributed by atoms with E-state index in [1.807, 2.05) is 0 Å². The van der Waals surface area contributed by atoms with Crippen LogP contribution in [0.3, 0.4) is 0 Å². The Morgan fingerprint density at radius 3 is 2.80 bits per heavy atom. The average Bonchev–Trinajstić information content (AvgIpc) is 2.16. The van der Waals surface area contributed by atoms with Gasteiger partial charge in [-0.25, -0.2) is 0 Å². The molecule has 0 fully saturated rings. The first-order valence-electron chi connectivity index (χ1n) is 4.05. The van der Waals surface area contributed by atoms with E-state index in [4.69, 9.17) is 0 Å². The molecule has 1 aromatic carbocycles. The summed E-state index contributed by atoms with van der Waals surface area (Å²) in [4.78, 5) is 10.2. The molecule has 0 saturated heterocycles. The molecule has 0 unspecified atom stereocenters. The van der Waals surface area contributed by atoms with Crippen LogP contribution in [0.25, 0.3) is 10.9 Å². The molecule has 0 aliphatic carbocycles. The van der Waals surface area contributed by atoms with E-state index in [0.717, 1.165) is 0 Å². The van der Waals surface area contributed by atoms with Crippen LogP contribution in [0.5, 0.6) is 0 Å². The van der Waals surface area contributed by atoms with Crippen molar-refractivity contribution in [3.05, 3.63) is 50.3 Å². The highest BCUT2D eigenvalue weighted by Crippen LogP contribution is 2.25. The Morgan fingerprint density at radius 1 is 1.40 bits per heavy atom. The van der Waals surface area contributed by atoms with Crippen LogP contribution in [0, 0.1) is 15.3 Å². The molecule has 76 valence electrons. The van der Waals surface area contributed by atoms with Gasteiger partial charge in [-0.2, -0.15) is 4.73 Å². The number of nitro benzene ring substituents is 1. The average molecular weight is 269 g/mol. The molecule has 0 aliphatic rings. The number of fused-ring (bicyclic) bond motifs is 1. The number of aromatic nitrogens is 1. The van der Waals surface area contributed by atoms with Crippen molar-refractivity contribution in [3.8, 4) is 0 Å². The molecule has 0 N–H and O–H groups in total. The fourth-order valence-electron chi connectivity index (χ4n) is 1.40. The molecule has 2 aromatic rings. The summed E-state index contributed by atoms with van der Waals surface area (Å²) in [5, 5.41) is 22.5. The van der Waals surface area contributed by atoms with Crippen molar-refractivity contribution in [1.82, 2.24) is 0 Å². The van der Waals surface area contributed by atoms with Crippen LogP contribution in [0.1, 0.15) is 0 Å². The number of benzene rings is 1. The third-order valence-corrected chi connectivity index (χ3v) is 2.45. The SMILES string of the molecule is O=[N+]([O-])c1cccc2c1cc(Br)c[n+]2[O-]. The van der Waals surface area contributed by atoms with E-state index in [2.05, 4.69) is 15.9 Å². The number of hydrogen-bond donors (Lipinski definition) is 0. The lowest BCUT2D eigenvalue weighted by molar-refractivity contribution is -0.577. The van der Waals surface area contributed by atoms with E-state index in [0.29, 0.717) is 14.6 Å². The lowest BCUT2D eigenvalue weighted by Crippen LogP contribution is -2.26. The number of nitro groups is 1. The molecule has 15 heavy (non-hydrogen) atoms. The highest BCUT2D eigenvalue weighted by molar-refractivity contribution is 9.10. The van der Waals surface area contributed by atoms with Gasteiger partial charge in [0.1, 0.15) is 5.39 Å². The second-order valence-electron chi connectivity index (χ2n) is 2.95. The fraction of sp³-hybridized carbons (Fsp3) is 0. The fourth-order valence-corrected chi connectivity index (χ4v) is 1.81. The summed E-state index contributed by atoms with van der Waals surface area (Å²) >= 11 is 3.12. The zero-order valence-corrected chi connectivity index (χ0v) is 8.97. The molecule has 1 heterocycles. The zero-order valence-electron chi connectivity index (χ0n) is 7.38. The molecule has 0 atom stereocenters. The van der Waals surface area contributed by atoms with Crippen molar-refractivity contribution < 1.29 is 9.65 Å². The minimum Gasteiger partial charge on any atom is -0.618 e. The van der Waals surface area contributed by atoms with Gasteiger partial charge in [-0.3, -0.25) is 10.1 Å². The smallest absolute Gasteiger partial charge is 0.283 e. The maximum atomic E-state index is 11.4. The second-order valence-corrected chi connectivity index (χ2v) is 3.87. The molecule has 0 aliphatic heterocycles. The van der Waals surface area contributed by atoms with Crippen LogP contribution >= 0.6 is 15.9 Å². The number of nitrogens with zero attached hydrogens (tertiary/aromatic N) is 2. The number of pyridine rings is 1. The number of halogens is 1. The predicted molar refractivity (Wildman–Crippen MR) is 57.3 cm³/mol. The zero-order chi connectivity index (χ0) is 11.0. The van der Waals surface area contributed by atoms with E-state index in [1.54, 1.807) is 12.1 Å². The van der Waals surface area contributed by atoms with Gasteiger partial charge < -0.3 is 5.21 Å². The first-order valence-corrected chi connectivity index (χ1v) is 4.85. The van der Waals surface area contributed by atoms with Crippen molar-refractivity contribution in [3.63, 3.8) is 0 Å². The first-order chi connectivity index (χ1) is 7.09. The summed E-state index contributed by atoms with van der Waals surface area (Å²) < 4.78 is 1.12. The van der Waals surface area contributed by atoms with Crippen molar-refractivity contribution >= 4 is 32.5 Å². The normalized spacial score (nSPS) is 10.5. The Balaban J connectivity index is 2.91. The molecule has 0 saturated carbocycles. The van der Waals surface area contributed by atoms with Crippen molar-refractivity contribution in [2.75, 3.05) is 0 Å². The van der Waals surface area contributed by atoms with E-state index in [9.17, 15) is 15.3 Å². The van der Waals surface area contributed by atoms with E-state index in [-0.39, 0.29) is 11.2 Å². The third-order valence-electron chi connectivity index (χ3n) is 2.02. The number of hydrogen-bond acceptors (Lipinski definition) is 3. The molecule has 0 bridgehead atoms. The van der Waals surface area contributed by atoms with Crippen LogP contribution in [0.15, 0.2) is 34.9 Å². The van der Waals surface area contributed by atoms with Crippen LogP contribution in [-0.4, -0.2) is 4.92 Å².